The molecule has 0 saturated heterocycles. The van der Waals surface area contributed by atoms with Crippen LogP contribution in [-0.4, -0.2) is 24.9 Å². The molecule has 0 bridgehead atoms. The van der Waals surface area contributed by atoms with Gasteiger partial charge in [-0.25, -0.2) is 0 Å². The van der Waals surface area contributed by atoms with Crippen molar-refractivity contribution in [2.24, 2.45) is 0 Å². The molecule has 0 aromatic carbocycles. The zero-order valence-electron chi connectivity index (χ0n) is 7.63. The Morgan fingerprint density at radius 2 is 1.57 bits per heavy atom. The van der Waals surface area contributed by atoms with Crippen LogP contribution in [0.25, 0.3) is 0 Å². The molecule has 0 rings (SSSR count). The van der Waals surface area contributed by atoms with Crippen molar-refractivity contribution in [1.82, 2.24) is 0 Å². The standard InChI is InChI=1S/C6H10F3O4P/c1-3-12-14(11,13-4-2)5(10)6(7,8)9/h3-4H2,1-2H3. The number of rotatable bonds is 5. The summed E-state index contributed by atoms with van der Waals surface area (Å²) in [4.78, 5) is 10.6. The summed E-state index contributed by atoms with van der Waals surface area (Å²) in [5.74, 6) is 0. The molecule has 84 valence electrons. The SMILES string of the molecule is CCOP(=O)(OCC)C(=O)C(F)(F)F. The largest absolute Gasteiger partial charge is 0.462 e. The van der Waals surface area contributed by atoms with Crippen LogP contribution in [0.1, 0.15) is 13.8 Å². The van der Waals surface area contributed by atoms with E-state index in [0.29, 0.717) is 0 Å². The Morgan fingerprint density at radius 3 is 1.79 bits per heavy atom. The van der Waals surface area contributed by atoms with E-state index in [9.17, 15) is 22.5 Å². The molecule has 0 heterocycles. The Kier molecular flexibility index (Phi) is 4.77. The third-order valence-corrected chi connectivity index (χ3v) is 3.04. The quantitative estimate of drug-likeness (QED) is 0.685. The van der Waals surface area contributed by atoms with Crippen LogP contribution in [-0.2, 0) is 18.4 Å². The van der Waals surface area contributed by atoms with E-state index < -0.39 is 19.3 Å². The molecule has 0 spiro atoms. The highest BCUT2D eigenvalue weighted by Crippen LogP contribution is 2.53. The number of alkyl halides is 3. The molecule has 0 aromatic rings. The Labute approximate surface area is 78.9 Å². The summed E-state index contributed by atoms with van der Waals surface area (Å²) in [6.07, 6.45) is -5.21. The molecule has 0 unspecified atom stereocenters. The first-order chi connectivity index (χ1) is 6.28. The topological polar surface area (TPSA) is 52.6 Å². The highest BCUT2D eigenvalue weighted by molar-refractivity contribution is 7.72. The van der Waals surface area contributed by atoms with Gasteiger partial charge in [0.2, 0.25) is 0 Å². The monoisotopic (exact) mass is 234 g/mol. The summed E-state index contributed by atoms with van der Waals surface area (Å²) < 4.78 is 55.4. The van der Waals surface area contributed by atoms with Crippen molar-refractivity contribution in [3.05, 3.63) is 0 Å². The Balaban J connectivity index is 4.83. The van der Waals surface area contributed by atoms with Gasteiger partial charge in [0, 0.05) is 0 Å². The maximum atomic E-state index is 11.9. The fraction of sp³-hybridized carbons (Fsp3) is 0.833. The van der Waals surface area contributed by atoms with Crippen LogP contribution in [0.4, 0.5) is 13.2 Å². The summed E-state index contributed by atoms with van der Waals surface area (Å²) in [5.41, 5.74) is -2.46. The molecule has 0 amide bonds. The van der Waals surface area contributed by atoms with E-state index in [1.54, 1.807) is 0 Å². The number of hydrogen-bond acceptors (Lipinski definition) is 4. The number of carbonyl (C=O) groups excluding carboxylic acids is 1. The molecule has 0 aromatic heterocycles. The normalized spacial score (nSPS) is 12.9. The van der Waals surface area contributed by atoms with Crippen LogP contribution in [0.3, 0.4) is 0 Å². The zero-order valence-corrected chi connectivity index (χ0v) is 8.52. The summed E-state index contributed by atoms with van der Waals surface area (Å²) >= 11 is 0. The van der Waals surface area contributed by atoms with Crippen molar-refractivity contribution in [1.29, 1.82) is 0 Å². The van der Waals surface area contributed by atoms with Gasteiger partial charge in [-0.2, -0.15) is 13.2 Å². The fourth-order valence-electron chi connectivity index (χ4n) is 0.650. The van der Waals surface area contributed by atoms with E-state index in [1.165, 1.54) is 13.8 Å². The van der Waals surface area contributed by atoms with Crippen molar-refractivity contribution >= 4 is 13.1 Å². The van der Waals surface area contributed by atoms with E-state index in [1.807, 2.05) is 0 Å². The minimum Gasteiger partial charge on any atom is -0.303 e. The predicted molar refractivity (Wildman–Crippen MR) is 41.9 cm³/mol. The summed E-state index contributed by atoms with van der Waals surface area (Å²) in [6.45, 7) is 2.04. The summed E-state index contributed by atoms with van der Waals surface area (Å²) in [6, 6.07) is 0. The third kappa shape index (κ3) is 3.40. The lowest BCUT2D eigenvalue weighted by molar-refractivity contribution is -0.163. The molecule has 0 aliphatic carbocycles. The van der Waals surface area contributed by atoms with Crippen molar-refractivity contribution in [2.75, 3.05) is 13.2 Å². The van der Waals surface area contributed by atoms with Crippen LogP contribution in [0.5, 0.6) is 0 Å². The van der Waals surface area contributed by atoms with Crippen molar-refractivity contribution in [3.8, 4) is 0 Å². The zero-order chi connectivity index (χ0) is 11.4. The summed E-state index contributed by atoms with van der Waals surface area (Å²) in [7, 11) is -4.70. The molecule has 0 saturated carbocycles. The Bertz CT molecular complexity index is 240. The van der Waals surface area contributed by atoms with Crippen molar-refractivity contribution < 1.29 is 31.6 Å². The first kappa shape index (κ1) is 13.6. The molecule has 0 atom stereocenters. The molecule has 0 radical (unpaired) electrons. The van der Waals surface area contributed by atoms with Gasteiger partial charge in [0.05, 0.1) is 13.2 Å². The molecule has 0 fully saturated rings. The second-order valence-electron chi connectivity index (χ2n) is 2.14. The maximum Gasteiger partial charge on any atom is 0.462 e. The average molecular weight is 234 g/mol. The number of hydrogen-bond donors (Lipinski definition) is 0. The molecule has 14 heavy (non-hydrogen) atoms. The van der Waals surface area contributed by atoms with Gasteiger partial charge >= 0.3 is 19.3 Å². The molecular formula is C6H10F3O4P. The average Bonchev–Trinajstić information content (AvgIpc) is 2.02. The number of carbonyl (C=O) groups is 1. The third-order valence-electron chi connectivity index (χ3n) is 1.09. The van der Waals surface area contributed by atoms with Crippen LogP contribution < -0.4 is 0 Å². The molecule has 0 aliphatic rings. The molecule has 4 nitrogen and oxygen atoms in total. The van der Waals surface area contributed by atoms with Gasteiger partial charge in [0.25, 0.3) is 0 Å². The van der Waals surface area contributed by atoms with Crippen molar-refractivity contribution in [3.63, 3.8) is 0 Å². The van der Waals surface area contributed by atoms with Gasteiger partial charge in [-0.3, -0.25) is 9.36 Å². The lowest BCUT2D eigenvalue weighted by atomic mass is 10.8. The predicted octanol–water partition coefficient (Wildman–Crippen LogP) is 2.34. The van der Waals surface area contributed by atoms with E-state index in [4.69, 9.17) is 0 Å². The highest BCUT2D eigenvalue weighted by atomic mass is 31.2. The smallest absolute Gasteiger partial charge is 0.303 e. The number of halogens is 3. The summed E-state index contributed by atoms with van der Waals surface area (Å²) in [5, 5.41) is 0. The maximum absolute atomic E-state index is 11.9. The molecule has 0 aliphatic heterocycles. The Morgan fingerprint density at radius 1 is 1.21 bits per heavy atom. The van der Waals surface area contributed by atoms with E-state index in [0.717, 1.165) is 0 Å². The van der Waals surface area contributed by atoms with Gasteiger partial charge < -0.3 is 9.05 Å². The first-order valence-corrected chi connectivity index (χ1v) is 5.33. The van der Waals surface area contributed by atoms with E-state index in [-0.39, 0.29) is 13.2 Å². The van der Waals surface area contributed by atoms with Gasteiger partial charge in [-0.1, -0.05) is 0 Å². The van der Waals surface area contributed by atoms with E-state index >= 15 is 0 Å². The highest BCUT2D eigenvalue weighted by Gasteiger charge is 2.52. The van der Waals surface area contributed by atoms with E-state index in [2.05, 4.69) is 9.05 Å². The molecule has 0 N–H and O–H groups in total. The van der Waals surface area contributed by atoms with Crippen LogP contribution >= 0.6 is 7.60 Å². The van der Waals surface area contributed by atoms with Crippen LogP contribution in [0, 0.1) is 0 Å². The fourth-order valence-corrected chi connectivity index (χ4v) is 1.95. The van der Waals surface area contributed by atoms with Crippen LogP contribution in [0.15, 0.2) is 0 Å². The Hall–Kier alpha value is -0.390. The lowest BCUT2D eigenvalue weighted by Crippen LogP contribution is -2.24. The molecule has 8 heteroatoms. The lowest BCUT2D eigenvalue weighted by Gasteiger charge is -2.16. The second kappa shape index (κ2) is 4.91. The van der Waals surface area contributed by atoms with Gasteiger partial charge in [0.1, 0.15) is 0 Å². The minimum atomic E-state index is -5.21. The van der Waals surface area contributed by atoms with Crippen LogP contribution in [0.2, 0.25) is 0 Å². The second-order valence-corrected chi connectivity index (χ2v) is 4.05. The van der Waals surface area contributed by atoms with Gasteiger partial charge in [-0.05, 0) is 13.8 Å². The van der Waals surface area contributed by atoms with Crippen molar-refractivity contribution in [2.45, 2.75) is 20.0 Å². The van der Waals surface area contributed by atoms with Gasteiger partial charge in [0.15, 0.2) is 0 Å². The minimum absolute atomic E-state index is 0.293. The van der Waals surface area contributed by atoms with Gasteiger partial charge in [-0.15, -0.1) is 0 Å². The first-order valence-electron chi connectivity index (χ1n) is 3.78. The molecular weight excluding hydrogens is 224 g/mol.